The summed E-state index contributed by atoms with van der Waals surface area (Å²) in [7, 11) is 0. The van der Waals surface area contributed by atoms with Crippen LogP contribution in [0.5, 0.6) is 5.75 Å². The largest absolute Gasteiger partial charge is 0.494 e. The highest BCUT2D eigenvalue weighted by atomic mass is 19.4. The second kappa shape index (κ2) is 9.47. The van der Waals surface area contributed by atoms with Crippen LogP contribution in [0.1, 0.15) is 31.4 Å². The Morgan fingerprint density at radius 3 is 2.40 bits per heavy atom. The van der Waals surface area contributed by atoms with Gasteiger partial charge < -0.3 is 15.4 Å². The Labute approximate surface area is 173 Å². The molecular weight excluding hydrogens is 393 g/mol. The molecule has 0 saturated heterocycles. The van der Waals surface area contributed by atoms with Crippen LogP contribution in [-0.4, -0.2) is 16.6 Å². The minimum Gasteiger partial charge on any atom is -0.494 e. The van der Waals surface area contributed by atoms with Crippen molar-refractivity contribution in [3.8, 4) is 5.75 Å². The summed E-state index contributed by atoms with van der Waals surface area (Å²) in [6, 6.07) is 14.3. The Balaban J connectivity index is 1.87. The molecule has 0 amide bonds. The number of aryl methyl sites for hydroxylation is 1. The van der Waals surface area contributed by atoms with Gasteiger partial charge in [0.25, 0.3) is 0 Å². The fourth-order valence-electron chi connectivity index (χ4n) is 2.72. The lowest BCUT2D eigenvalue weighted by Crippen LogP contribution is -2.12. The molecule has 2 aromatic carbocycles. The van der Waals surface area contributed by atoms with Gasteiger partial charge in [0.2, 0.25) is 5.95 Å². The van der Waals surface area contributed by atoms with E-state index in [0.717, 1.165) is 24.6 Å². The second-order valence-electron chi connectivity index (χ2n) is 6.63. The van der Waals surface area contributed by atoms with Gasteiger partial charge in [-0.2, -0.15) is 18.2 Å². The fourth-order valence-corrected chi connectivity index (χ4v) is 2.72. The highest BCUT2D eigenvalue weighted by Gasteiger charge is 2.35. The lowest BCUT2D eigenvalue weighted by atomic mass is 10.1. The zero-order valence-corrected chi connectivity index (χ0v) is 16.8. The van der Waals surface area contributed by atoms with E-state index in [1.54, 1.807) is 24.3 Å². The first-order chi connectivity index (χ1) is 14.4. The van der Waals surface area contributed by atoms with Gasteiger partial charge in [0.15, 0.2) is 0 Å². The van der Waals surface area contributed by atoms with Gasteiger partial charge in [0, 0.05) is 23.6 Å². The van der Waals surface area contributed by atoms with Gasteiger partial charge in [0.1, 0.15) is 17.1 Å². The zero-order chi connectivity index (χ0) is 21.6. The number of benzene rings is 2. The summed E-state index contributed by atoms with van der Waals surface area (Å²) < 4.78 is 46.0. The molecule has 0 aliphatic rings. The van der Waals surface area contributed by atoms with Crippen LogP contribution in [0, 0.1) is 0 Å². The Kier molecular flexibility index (Phi) is 6.76. The van der Waals surface area contributed by atoms with Crippen molar-refractivity contribution in [1.82, 2.24) is 9.97 Å². The maximum Gasteiger partial charge on any atom is 0.421 e. The van der Waals surface area contributed by atoms with Crippen LogP contribution in [0.25, 0.3) is 0 Å². The van der Waals surface area contributed by atoms with Gasteiger partial charge in [-0.3, -0.25) is 0 Å². The lowest BCUT2D eigenvalue weighted by Gasteiger charge is -2.15. The van der Waals surface area contributed by atoms with Crippen molar-refractivity contribution in [2.24, 2.45) is 0 Å². The van der Waals surface area contributed by atoms with Crippen molar-refractivity contribution in [2.45, 2.75) is 32.9 Å². The van der Waals surface area contributed by atoms with Crippen LogP contribution in [0.4, 0.5) is 36.3 Å². The Morgan fingerprint density at radius 2 is 1.73 bits per heavy atom. The summed E-state index contributed by atoms with van der Waals surface area (Å²) in [6.07, 6.45) is -2.10. The summed E-state index contributed by atoms with van der Waals surface area (Å²) in [5.74, 6) is 0.296. The summed E-state index contributed by atoms with van der Waals surface area (Å²) in [6.45, 7) is 4.54. The summed E-state index contributed by atoms with van der Waals surface area (Å²) in [5.41, 5.74) is 1.33. The van der Waals surface area contributed by atoms with Crippen LogP contribution in [-0.2, 0) is 12.6 Å². The molecule has 1 heterocycles. The molecule has 0 unspecified atom stereocenters. The molecule has 5 nitrogen and oxygen atoms in total. The van der Waals surface area contributed by atoms with Gasteiger partial charge in [0.05, 0.1) is 6.61 Å². The van der Waals surface area contributed by atoms with E-state index in [4.69, 9.17) is 4.74 Å². The molecule has 0 radical (unpaired) electrons. The first kappa shape index (κ1) is 21.4. The minimum absolute atomic E-state index is 0.0631. The first-order valence-corrected chi connectivity index (χ1v) is 9.69. The van der Waals surface area contributed by atoms with E-state index in [2.05, 4.69) is 20.6 Å². The number of anilines is 4. The molecule has 3 rings (SSSR count). The van der Waals surface area contributed by atoms with E-state index in [1.807, 2.05) is 38.1 Å². The van der Waals surface area contributed by atoms with E-state index >= 15 is 0 Å². The van der Waals surface area contributed by atoms with E-state index in [9.17, 15) is 13.2 Å². The number of aromatic nitrogens is 2. The number of rotatable bonds is 8. The molecular formula is C22H23F3N4O. The van der Waals surface area contributed by atoms with Crippen LogP contribution in [0.2, 0.25) is 0 Å². The standard InChI is InChI=1S/C22H23F3N4O/c1-3-12-30-18-7-5-6-17(13-18)27-20-19(22(23,24)25)14-26-21(29-20)28-16-10-8-15(4-2)9-11-16/h5-11,13-14H,3-4,12H2,1-2H3,(H2,26,27,28,29). The lowest BCUT2D eigenvalue weighted by molar-refractivity contribution is -0.137. The summed E-state index contributed by atoms with van der Waals surface area (Å²) in [4.78, 5) is 7.91. The SMILES string of the molecule is CCCOc1cccc(Nc2nc(Nc3ccc(CC)cc3)ncc2C(F)(F)F)c1. The smallest absolute Gasteiger partial charge is 0.421 e. The van der Waals surface area contributed by atoms with Crippen LogP contribution >= 0.6 is 0 Å². The predicted molar refractivity (Wildman–Crippen MR) is 112 cm³/mol. The fraction of sp³-hybridized carbons (Fsp3) is 0.273. The Hall–Kier alpha value is -3.29. The molecule has 1 aromatic heterocycles. The molecule has 0 aliphatic heterocycles. The Morgan fingerprint density at radius 1 is 0.967 bits per heavy atom. The molecule has 30 heavy (non-hydrogen) atoms. The summed E-state index contributed by atoms with van der Waals surface area (Å²) in [5, 5.41) is 5.69. The van der Waals surface area contributed by atoms with Gasteiger partial charge in [-0.15, -0.1) is 0 Å². The van der Waals surface area contributed by atoms with Gasteiger partial charge in [-0.1, -0.05) is 32.0 Å². The maximum atomic E-state index is 13.5. The molecule has 3 aromatic rings. The molecule has 0 spiro atoms. The average molecular weight is 416 g/mol. The van der Waals surface area contributed by atoms with Crippen molar-refractivity contribution < 1.29 is 17.9 Å². The number of hydrogen-bond donors (Lipinski definition) is 2. The molecule has 0 aliphatic carbocycles. The van der Waals surface area contributed by atoms with E-state index in [-0.39, 0.29) is 11.8 Å². The molecule has 0 fully saturated rings. The van der Waals surface area contributed by atoms with Crippen LogP contribution in [0.15, 0.2) is 54.7 Å². The highest BCUT2D eigenvalue weighted by Crippen LogP contribution is 2.35. The van der Waals surface area contributed by atoms with E-state index in [1.165, 1.54) is 0 Å². The topological polar surface area (TPSA) is 59.1 Å². The molecule has 0 saturated carbocycles. The molecule has 2 N–H and O–H groups in total. The number of nitrogens with one attached hydrogen (secondary N) is 2. The number of nitrogens with zero attached hydrogens (tertiary/aromatic N) is 2. The normalized spacial score (nSPS) is 11.2. The average Bonchev–Trinajstić information content (AvgIpc) is 2.72. The maximum absolute atomic E-state index is 13.5. The van der Waals surface area contributed by atoms with Crippen molar-refractivity contribution in [3.05, 3.63) is 65.9 Å². The van der Waals surface area contributed by atoms with Gasteiger partial charge >= 0.3 is 6.18 Å². The predicted octanol–water partition coefficient (Wildman–Crippen LogP) is 6.33. The third kappa shape index (κ3) is 5.62. The molecule has 0 bridgehead atoms. The molecule has 8 heteroatoms. The van der Waals surface area contributed by atoms with Crippen molar-refractivity contribution in [3.63, 3.8) is 0 Å². The number of halogens is 3. The number of alkyl halides is 3. The van der Waals surface area contributed by atoms with E-state index < -0.39 is 11.7 Å². The second-order valence-corrected chi connectivity index (χ2v) is 6.63. The minimum atomic E-state index is -4.60. The van der Waals surface area contributed by atoms with Gasteiger partial charge in [-0.05, 0) is 42.7 Å². The number of ether oxygens (including phenoxy) is 1. The quantitative estimate of drug-likeness (QED) is 0.449. The zero-order valence-electron chi connectivity index (χ0n) is 16.8. The van der Waals surface area contributed by atoms with Crippen LogP contribution < -0.4 is 15.4 Å². The first-order valence-electron chi connectivity index (χ1n) is 9.69. The Bertz CT molecular complexity index is 975. The third-order valence-corrected chi connectivity index (χ3v) is 4.28. The molecule has 0 atom stereocenters. The highest BCUT2D eigenvalue weighted by molar-refractivity contribution is 5.64. The van der Waals surface area contributed by atoms with Crippen LogP contribution in [0.3, 0.4) is 0 Å². The van der Waals surface area contributed by atoms with Crippen molar-refractivity contribution in [1.29, 1.82) is 0 Å². The van der Waals surface area contributed by atoms with Gasteiger partial charge in [-0.25, -0.2) is 4.98 Å². The number of hydrogen-bond acceptors (Lipinski definition) is 5. The summed E-state index contributed by atoms with van der Waals surface area (Å²) >= 11 is 0. The van der Waals surface area contributed by atoms with Crippen molar-refractivity contribution in [2.75, 3.05) is 17.2 Å². The third-order valence-electron chi connectivity index (χ3n) is 4.28. The monoisotopic (exact) mass is 416 g/mol. The van der Waals surface area contributed by atoms with Crippen molar-refractivity contribution >= 4 is 23.1 Å². The molecule has 158 valence electrons. The van der Waals surface area contributed by atoms with E-state index in [0.29, 0.717) is 23.7 Å².